The third-order valence-electron chi connectivity index (χ3n) is 2.27. The van der Waals surface area contributed by atoms with Crippen molar-refractivity contribution in [3.63, 3.8) is 0 Å². The Labute approximate surface area is 95.7 Å². The first kappa shape index (κ1) is 12.2. The van der Waals surface area contributed by atoms with Gasteiger partial charge in [-0.1, -0.05) is 6.92 Å². The Morgan fingerprint density at radius 3 is 2.93 bits per heavy atom. The number of nitrogens with zero attached hydrogens (tertiary/aromatic N) is 3. The summed E-state index contributed by atoms with van der Waals surface area (Å²) in [4.78, 5) is 10.3. The summed E-state index contributed by atoms with van der Waals surface area (Å²) >= 11 is 5.71. The second kappa shape index (κ2) is 5.88. The standard InChI is InChI=1S/C10H17ClN4/c1-4-15(3)6-5-12-9-8(2)7-13-10(11)14-9/h7H,4-6H2,1-3H3,(H,12,13,14). The first-order valence-corrected chi connectivity index (χ1v) is 5.42. The van der Waals surface area contributed by atoms with E-state index in [0.29, 0.717) is 0 Å². The number of nitrogens with one attached hydrogen (secondary N) is 1. The van der Waals surface area contributed by atoms with Crippen molar-refractivity contribution in [3.8, 4) is 0 Å². The topological polar surface area (TPSA) is 41.0 Å². The summed E-state index contributed by atoms with van der Waals surface area (Å²) in [6.45, 7) is 6.98. The maximum absolute atomic E-state index is 5.71. The van der Waals surface area contributed by atoms with Gasteiger partial charge in [0.25, 0.3) is 0 Å². The first-order chi connectivity index (χ1) is 7.13. The van der Waals surface area contributed by atoms with Crippen LogP contribution in [0.5, 0.6) is 0 Å². The Morgan fingerprint density at radius 2 is 2.27 bits per heavy atom. The average Bonchev–Trinajstić information content (AvgIpc) is 2.23. The summed E-state index contributed by atoms with van der Waals surface area (Å²) in [6, 6.07) is 0. The normalized spacial score (nSPS) is 10.7. The monoisotopic (exact) mass is 228 g/mol. The van der Waals surface area contributed by atoms with E-state index in [4.69, 9.17) is 11.6 Å². The Bertz CT molecular complexity index is 316. The molecule has 5 heteroatoms. The minimum absolute atomic E-state index is 0.284. The molecule has 0 aliphatic carbocycles. The van der Waals surface area contributed by atoms with Crippen molar-refractivity contribution >= 4 is 17.4 Å². The van der Waals surface area contributed by atoms with Crippen molar-refractivity contribution in [2.45, 2.75) is 13.8 Å². The van der Waals surface area contributed by atoms with E-state index in [1.165, 1.54) is 0 Å². The Kier molecular flexibility index (Phi) is 4.78. The van der Waals surface area contributed by atoms with Gasteiger partial charge in [-0.05, 0) is 32.1 Å². The van der Waals surface area contributed by atoms with Gasteiger partial charge in [-0.2, -0.15) is 0 Å². The fourth-order valence-corrected chi connectivity index (χ4v) is 1.26. The smallest absolute Gasteiger partial charge is 0.224 e. The molecule has 1 rings (SSSR count). The lowest BCUT2D eigenvalue weighted by Crippen LogP contribution is -2.25. The summed E-state index contributed by atoms with van der Waals surface area (Å²) in [5.41, 5.74) is 1.01. The van der Waals surface area contributed by atoms with Crippen molar-refractivity contribution in [2.24, 2.45) is 0 Å². The van der Waals surface area contributed by atoms with Crippen LogP contribution in [0.3, 0.4) is 0 Å². The van der Waals surface area contributed by atoms with Crippen molar-refractivity contribution < 1.29 is 0 Å². The molecule has 0 spiro atoms. The van der Waals surface area contributed by atoms with Gasteiger partial charge in [0.05, 0.1) is 0 Å². The molecule has 0 unspecified atom stereocenters. The third-order valence-corrected chi connectivity index (χ3v) is 2.45. The molecule has 1 aromatic heterocycles. The quantitative estimate of drug-likeness (QED) is 0.781. The summed E-state index contributed by atoms with van der Waals surface area (Å²) in [5.74, 6) is 0.819. The fourth-order valence-electron chi connectivity index (χ4n) is 1.12. The molecule has 15 heavy (non-hydrogen) atoms. The zero-order valence-electron chi connectivity index (χ0n) is 9.42. The number of likely N-dealkylation sites (N-methyl/N-ethyl adjacent to an activating group) is 1. The molecular formula is C10H17ClN4. The van der Waals surface area contributed by atoms with E-state index in [1.54, 1.807) is 6.20 Å². The number of halogens is 1. The summed E-state index contributed by atoms with van der Waals surface area (Å²) in [6.07, 6.45) is 1.72. The van der Waals surface area contributed by atoms with Crippen molar-refractivity contribution in [3.05, 3.63) is 17.0 Å². The van der Waals surface area contributed by atoms with Crippen molar-refractivity contribution in [2.75, 3.05) is 32.0 Å². The highest BCUT2D eigenvalue weighted by Gasteiger charge is 2.01. The van der Waals surface area contributed by atoms with E-state index in [9.17, 15) is 0 Å². The maximum atomic E-state index is 5.71. The lowest BCUT2D eigenvalue weighted by Gasteiger charge is -2.14. The summed E-state index contributed by atoms with van der Waals surface area (Å²) < 4.78 is 0. The minimum atomic E-state index is 0.284. The second-order valence-corrected chi connectivity index (χ2v) is 3.83. The van der Waals surface area contributed by atoms with Crippen molar-refractivity contribution in [1.82, 2.24) is 14.9 Å². The molecular weight excluding hydrogens is 212 g/mol. The van der Waals surface area contributed by atoms with E-state index >= 15 is 0 Å². The highest BCUT2D eigenvalue weighted by molar-refractivity contribution is 6.28. The number of anilines is 1. The molecule has 1 N–H and O–H groups in total. The minimum Gasteiger partial charge on any atom is -0.368 e. The van der Waals surface area contributed by atoms with Gasteiger partial charge in [-0.3, -0.25) is 0 Å². The number of rotatable bonds is 5. The molecule has 0 aliphatic rings. The molecule has 0 saturated carbocycles. The van der Waals surface area contributed by atoms with Gasteiger partial charge in [0, 0.05) is 24.8 Å². The molecule has 0 saturated heterocycles. The third kappa shape index (κ3) is 4.01. The number of hydrogen-bond acceptors (Lipinski definition) is 4. The first-order valence-electron chi connectivity index (χ1n) is 5.05. The van der Waals surface area contributed by atoms with Crippen LogP contribution in [0.25, 0.3) is 0 Å². The number of aromatic nitrogens is 2. The predicted octanol–water partition coefficient (Wildman–Crippen LogP) is 1.80. The van der Waals surface area contributed by atoms with Crippen LogP contribution in [-0.2, 0) is 0 Å². The van der Waals surface area contributed by atoms with Crippen molar-refractivity contribution in [1.29, 1.82) is 0 Å². The Hall–Kier alpha value is -0.870. The zero-order valence-corrected chi connectivity index (χ0v) is 10.2. The molecule has 0 aliphatic heterocycles. The molecule has 0 fully saturated rings. The highest BCUT2D eigenvalue weighted by Crippen LogP contribution is 2.11. The van der Waals surface area contributed by atoms with Crippen LogP contribution in [0.4, 0.5) is 5.82 Å². The lowest BCUT2D eigenvalue weighted by molar-refractivity contribution is 0.367. The van der Waals surface area contributed by atoms with Crippen LogP contribution in [0.1, 0.15) is 12.5 Å². The van der Waals surface area contributed by atoms with Crippen LogP contribution >= 0.6 is 11.6 Å². The zero-order chi connectivity index (χ0) is 11.3. The van der Waals surface area contributed by atoms with Crippen LogP contribution in [0.15, 0.2) is 6.20 Å². The van der Waals surface area contributed by atoms with Crippen LogP contribution in [0.2, 0.25) is 5.28 Å². The van der Waals surface area contributed by atoms with E-state index in [0.717, 1.165) is 31.0 Å². The second-order valence-electron chi connectivity index (χ2n) is 3.49. The molecule has 0 aromatic carbocycles. The van der Waals surface area contributed by atoms with E-state index in [-0.39, 0.29) is 5.28 Å². The molecule has 0 radical (unpaired) electrons. The largest absolute Gasteiger partial charge is 0.368 e. The highest BCUT2D eigenvalue weighted by atomic mass is 35.5. The van der Waals surface area contributed by atoms with Gasteiger partial charge < -0.3 is 10.2 Å². The van der Waals surface area contributed by atoms with E-state index < -0.39 is 0 Å². The van der Waals surface area contributed by atoms with Gasteiger partial charge in [0.2, 0.25) is 5.28 Å². The summed E-state index contributed by atoms with van der Waals surface area (Å²) in [5, 5.41) is 3.53. The molecule has 0 atom stereocenters. The molecule has 1 heterocycles. The number of aryl methyl sites for hydroxylation is 1. The van der Waals surface area contributed by atoms with Crippen LogP contribution in [-0.4, -0.2) is 41.5 Å². The average molecular weight is 229 g/mol. The van der Waals surface area contributed by atoms with Crippen LogP contribution in [0, 0.1) is 6.92 Å². The maximum Gasteiger partial charge on any atom is 0.224 e. The van der Waals surface area contributed by atoms with Gasteiger partial charge in [-0.15, -0.1) is 0 Å². The Balaban J connectivity index is 2.46. The molecule has 1 aromatic rings. The molecule has 4 nitrogen and oxygen atoms in total. The van der Waals surface area contributed by atoms with Gasteiger partial charge in [-0.25, -0.2) is 9.97 Å². The number of hydrogen-bond donors (Lipinski definition) is 1. The SMILES string of the molecule is CCN(C)CCNc1nc(Cl)ncc1C. The summed E-state index contributed by atoms with van der Waals surface area (Å²) in [7, 11) is 2.08. The molecule has 0 amide bonds. The van der Waals surface area contributed by atoms with Gasteiger partial charge in [0.1, 0.15) is 5.82 Å². The molecule has 84 valence electrons. The molecule has 0 bridgehead atoms. The fraction of sp³-hybridized carbons (Fsp3) is 0.600. The van der Waals surface area contributed by atoms with E-state index in [2.05, 4.69) is 34.2 Å². The predicted molar refractivity (Wildman–Crippen MR) is 63.4 cm³/mol. The Morgan fingerprint density at radius 1 is 1.53 bits per heavy atom. The van der Waals surface area contributed by atoms with Crippen LogP contribution < -0.4 is 5.32 Å². The van der Waals surface area contributed by atoms with Gasteiger partial charge >= 0.3 is 0 Å². The van der Waals surface area contributed by atoms with Gasteiger partial charge in [0.15, 0.2) is 0 Å². The lowest BCUT2D eigenvalue weighted by atomic mass is 10.3. The van der Waals surface area contributed by atoms with E-state index in [1.807, 2.05) is 6.92 Å².